The van der Waals surface area contributed by atoms with E-state index in [-0.39, 0.29) is 35.5 Å². The van der Waals surface area contributed by atoms with Gasteiger partial charge in [0.2, 0.25) is 0 Å². The number of anilines is 3. The van der Waals surface area contributed by atoms with Crippen molar-refractivity contribution in [3.63, 3.8) is 0 Å². The summed E-state index contributed by atoms with van der Waals surface area (Å²) >= 11 is 0. The van der Waals surface area contributed by atoms with Crippen LogP contribution in [0, 0.1) is 0 Å². The lowest BCUT2D eigenvalue weighted by Gasteiger charge is -2.29. The Bertz CT molecular complexity index is 933. The number of hydrogen-bond donors (Lipinski definition) is 4. The molecule has 28 heavy (non-hydrogen) atoms. The Hall–Kier alpha value is -2.86. The highest BCUT2D eigenvalue weighted by atomic mass is 16.3. The number of hydrogen-bond acceptors (Lipinski definition) is 6. The van der Waals surface area contributed by atoms with Crippen molar-refractivity contribution in [1.82, 2.24) is 0 Å². The van der Waals surface area contributed by atoms with Crippen LogP contribution in [0.15, 0.2) is 30.3 Å². The molecule has 0 spiro atoms. The van der Waals surface area contributed by atoms with Gasteiger partial charge in [0.1, 0.15) is 0 Å². The second-order valence-electron chi connectivity index (χ2n) is 7.47. The molecule has 0 aromatic heterocycles. The average molecular weight is 379 g/mol. The molecule has 0 radical (unpaired) electrons. The summed E-state index contributed by atoms with van der Waals surface area (Å²) in [5, 5.41) is 15.7. The van der Waals surface area contributed by atoms with Gasteiger partial charge < -0.3 is 21.5 Å². The van der Waals surface area contributed by atoms with Gasteiger partial charge in [-0.15, -0.1) is 0 Å². The van der Waals surface area contributed by atoms with Crippen molar-refractivity contribution in [3.05, 3.63) is 52.6 Å². The SMILES string of the molecule is Nc1c(NCCO)cc(NC2CCCCC2)c2c1C(=O)c1ccccc1C2=O. The zero-order chi connectivity index (χ0) is 19.7. The maximum Gasteiger partial charge on any atom is 0.196 e. The molecule has 1 fully saturated rings. The second-order valence-corrected chi connectivity index (χ2v) is 7.47. The third-order valence-electron chi connectivity index (χ3n) is 5.63. The fourth-order valence-electron chi connectivity index (χ4n) is 4.24. The summed E-state index contributed by atoms with van der Waals surface area (Å²) in [6, 6.07) is 8.95. The molecule has 1 saturated carbocycles. The molecule has 4 rings (SSSR count). The van der Waals surface area contributed by atoms with Crippen molar-refractivity contribution in [2.24, 2.45) is 0 Å². The molecule has 0 unspecified atom stereocenters. The number of nitrogens with one attached hydrogen (secondary N) is 2. The van der Waals surface area contributed by atoms with E-state index in [1.165, 1.54) is 6.42 Å². The van der Waals surface area contributed by atoms with Gasteiger partial charge in [-0.2, -0.15) is 0 Å². The van der Waals surface area contributed by atoms with Crippen molar-refractivity contribution in [3.8, 4) is 0 Å². The van der Waals surface area contributed by atoms with Gasteiger partial charge in [0.05, 0.1) is 29.1 Å². The summed E-state index contributed by atoms with van der Waals surface area (Å²) in [4.78, 5) is 26.5. The van der Waals surface area contributed by atoms with Crippen molar-refractivity contribution in [2.75, 3.05) is 29.5 Å². The summed E-state index contributed by atoms with van der Waals surface area (Å²) < 4.78 is 0. The summed E-state index contributed by atoms with van der Waals surface area (Å²) in [7, 11) is 0. The lowest BCUT2D eigenvalue weighted by molar-refractivity contribution is 0.0980. The molecule has 2 aromatic rings. The molecule has 2 aliphatic carbocycles. The first-order chi connectivity index (χ1) is 13.6. The highest BCUT2D eigenvalue weighted by Gasteiger charge is 2.35. The third-order valence-corrected chi connectivity index (χ3v) is 5.63. The number of aliphatic hydroxyl groups excluding tert-OH is 1. The molecule has 2 aromatic carbocycles. The Morgan fingerprint density at radius 3 is 2.25 bits per heavy atom. The minimum atomic E-state index is -0.234. The molecular weight excluding hydrogens is 354 g/mol. The van der Waals surface area contributed by atoms with Crippen LogP contribution < -0.4 is 16.4 Å². The van der Waals surface area contributed by atoms with Gasteiger partial charge in [0.25, 0.3) is 0 Å². The van der Waals surface area contributed by atoms with Gasteiger partial charge >= 0.3 is 0 Å². The molecule has 5 N–H and O–H groups in total. The number of fused-ring (bicyclic) bond motifs is 2. The standard InChI is InChI=1S/C22H25N3O3/c23-20-17(24-10-11-26)12-16(25-13-6-2-1-3-7-13)18-19(20)22(28)15-9-5-4-8-14(15)21(18)27/h4-5,8-9,12-13,24-26H,1-3,6-7,10-11,23H2. The highest BCUT2D eigenvalue weighted by molar-refractivity contribution is 6.32. The Balaban J connectivity index is 1.85. The number of aliphatic hydroxyl groups is 1. The maximum atomic E-state index is 13.3. The van der Waals surface area contributed by atoms with Crippen LogP contribution in [0.25, 0.3) is 0 Å². The Kier molecular flexibility index (Phi) is 5.05. The quantitative estimate of drug-likeness (QED) is 0.508. The van der Waals surface area contributed by atoms with Crippen molar-refractivity contribution in [2.45, 2.75) is 38.1 Å². The highest BCUT2D eigenvalue weighted by Crippen LogP contribution is 2.40. The van der Waals surface area contributed by atoms with E-state index < -0.39 is 0 Å². The van der Waals surface area contributed by atoms with Crippen LogP contribution in [0.5, 0.6) is 0 Å². The molecule has 146 valence electrons. The van der Waals surface area contributed by atoms with Crippen molar-refractivity contribution < 1.29 is 14.7 Å². The molecule has 6 nitrogen and oxygen atoms in total. The number of carbonyl (C=O) groups is 2. The van der Waals surface area contributed by atoms with E-state index in [9.17, 15) is 14.7 Å². The molecule has 2 aliphatic rings. The largest absolute Gasteiger partial charge is 0.396 e. The van der Waals surface area contributed by atoms with Gasteiger partial charge in [-0.05, 0) is 18.9 Å². The van der Waals surface area contributed by atoms with Crippen LogP contribution >= 0.6 is 0 Å². The lowest BCUT2D eigenvalue weighted by atomic mass is 9.81. The van der Waals surface area contributed by atoms with E-state index in [1.807, 2.05) is 0 Å². The number of rotatable bonds is 5. The third kappa shape index (κ3) is 3.14. The Morgan fingerprint density at radius 2 is 1.61 bits per heavy atom. The number of nitrogens with two attached hydrogens (primary N) is 1. The minimum Gasteiger partial charge on any atom is -0.396 e. The van der Waals surface area contributed by atoms with Crippen LogP contribution in [-0.4, -0.2) is 35.9 Å². The van der Waals surface area contributed by atoms with E-state index in [2.05, 4.69) is 10.6 Å². The van der Waals surface area contributed by atoms with E-state index in [0.29, 0.717) is 34.6 Å². The van der Waals surface area contributed by atoms with Gasteiger partial charge in [0.15, 0.2) is 11.6 Å². The van der Waals surface area contributed by atoms with E-state index >= 15 is 0 Å². The predicted octanol–water partition coefficient (Wildman–Crippen LogP) is 3.19. The zero-order valence-electron chi connectivity index (χ0n) is 15.8. The van der Waals surface area contributed by atoms with Crippen LogP contribution in [0.4, 0.5) is 17.1 Å². The smallest absolute Gasteiger partial charge is 0.196 e. The van der Waals surface area contributed by atoms with Gasteiger partial charge in [-0.1, -0.05) is 43.5 Å². The van der Waals surface area contributed by atoms with E-state index in [0.717, 1.165) is 25.7 Å². The monoisotopic (exact) mass is 379 g/mol. The topological polar surface area (TPSA) is 104 Å². The molecule has 0 aliphatic heterocycles. The van der Waals surface area contributed by atoms with Gasteiger partial charge in [-0.25, -0.2) is 0 Å². The fraction of sp³-hybridized carbons (Fsp3) is 0.364. The van der Waals surface area contributed by atoms with Gasteiger partial charge in [0, 0.05) is 29.4 Å². The second kappa shape index (κ2) is 7.64. The fourth-order valence-corrected chi connectivity index (χ4v) is 4.24. The molecule has 0 saturated heterocycles. The lowest BCUT2D eigenvalue weighted by Crippen LogP contribution is -2.28. The van der Waals surface area contributed by atoms with Gasteiger partial charge in [-0.3, -0.25) is 9.59 Å². The summed E-state index contributed by atoms with van der Waals surface area (Å²) in [5.74, 6) is -0.411. The first-order valence-corrected chi connectivity index (χ1v) is 9.88. The Labute approximate surface area is 164 Å². The molecule has 6 heteroatoms. The number of nitrogen functional groups attached to an aromatic ring is 1. The summed E-state index contributed by atoms with van der Waals surface area (Å²) in [6.45, 7) is 0.252. The van der Waals surface area contributed by atoms with E-state index in [1.54, 1.807) is 30.3 Å². The first kappa shape index (κ1) is 18.5. The van der Waals surface area contributed by atoms with E-state index in [4.69, 9.17) is 5.73 Å². The molecule has 0 bridgehead atoms. The number of carbonyl (C=O) groups excluding carboxylic acids is 2. The summed E-state index contributed by atoms with van der Waals surface area (Å²) in [5.41, 5.74) is 9.19. The van der Waals surface area contributed by atoms with Crippen LogP contribution in [0.1, 0.15) is 63.9 Å². The molecular formula is C22H25N3O3. The first-order valence-electron chi connectivity index (χ1n) is 9.88. The maximum absolute atomic E-state index is 13.3. The number of ketones is 2. The molecule has 0 amide bonds. The van der Waals surface area contributed by atoms with Crippen LogP contribution in [-0.2, 0) is 0 Å². The average Bonchev–Trinajstić information content (AvgIpc) is 2.72. The van der Waals surface area contributed by atoms with Crippen molar-refractivity contribution >= 4 is 28.6 Å². The predicted molar refractivity (Wildman–Crippen MR) is 110 cm³/mol. The minimum absolute atomic E-state index is 0.0579. The van der Waals surface area contributed by atoms with Crippen LogP contribution in [0.2, 0.25) is 0 Å². The normalized spacial score (nSPS) is 16.5. The zero-order valence-corrected chi connectivity index (χ0v) is 15.8. The molecule has 0 heterocycles. The van der Waals surface area contributed by atoms with Crippen molar-refractivity contribution in [1.29, 1.82) is 0 Å². The summed E-state index contributed by atoms with van der Waals surface area (Å²) in [6.07, 6.45) is 5.61. The van der Waals surface area contributed by atoms with Crippen LogP contribution in [0.3, 0.4) is 0 Å². The number of benzene rings is 2. The molecule has 0 atom stereocenters. The Morgan fingerprint density at radius 1 is 0.964 bits per heavy atom.